The first-order chi connectivity index (χ1) is 9.20. The molecule has 2 heterocycles. The van der Waals surface area contributed by atoms with Crippen molar-refractivity contribution in [2.45, 2.75) is 6.54 Å². The molecule has 2 N–H and O–H groups in total. The predicted molar refractivity (Wildman–Crippen MR) is 70.5 cm³/mol. The fourth-order valence-corrected chi connectivity index (χ4v) is 2.19. The van der Waals surface area contributed by atoms with Crippen LogP contribution in [0, 0.1) is 11.8 Å². The lowest BCUT2D eigenvalue weighted by molar-refractivity contribution is 0.0953. The number of aromatic nitrogens is 3. The van der Waals surface area contributed by atoms with Crippen molar-refractivity contribution in [1.82, 2.24) is 20.1 Å². The molecule has 19 heavy (non-hydrogen) atoms. The van der Waals surface area contributed by atoms with Crippen LogP contribution in [0.2, 0.25) is 0 Å². The lowest BCUT2D eigenvalue weighted by Gasteiger charge is -2.00. The van der Waals surface area contributed by atoms with Gasteiger partial charge in [0.25, 0.3) is 5.91 Å². The number of aliphatic hydroxyl groups is 1. The molecule has 0 aliphatic rings. The van der Waals surface area contributed by atoms with E-state index in [1.807, 2.05) is 0 Å². The van der Waals surface area contributed by atoms with Crippen molar-refractivity contribution in [3.8, 4) is 11.8 Å². The standard InChI is InChI=1S/C12H12N4O2S/c1-16-8-14-10(15-16)7-13-12(18)11-9(3-2-5-17)4-6-19-11/h4,6,8,17H,5,7H2,1H3,(H,13,18). The summed E-state index contributed by atoms with van der Waals surface area (Å²) in [6, 6.07) is 1.75. The van der Waals surface area contributed by atoms with Crippen LogP contribution in [0.15, 0.2) is 17.8 Å². The average molecular weight is 276 g/mol. The maximum absolute atomic E-state index is 12.0. The summed E-state index contributed by atoms with van der Waals surface area (Å²) in [5, 5.41) is 17.2. The summed E-state index contributed by atoms with van der Waals surface area (Å²) in [4.78, 5) is 16.5. The molecule has 0 fully saturated rings. The van der Waals surface area contributed by atoms with Crippen molar-refractivity contribution in [3.05, 3.63) is 34.0 Å². The number of aliphatic hydroxyl groups excluding tert-OH is 1. The summed E-state index contributed by atoms with van der Waals surface area (Å²) < 4.78 is 1.57. The molecule has 0 aliphatic heterocycles. The molecule has 0 spiro atoms. The average Bonchev–Trinajstić information content (AvgIpc) is 3.02. The molecule has 2 aromatic rings. The van der Waals surface area contributed by atoms with Crippen LogP contribution in [0.4, 0.5) is 0 Å². The molecule has 0 bridgehead atoms. The minimum absolute atomic E-state index is 0.218. The molecule has 0 radical (unpaired) electrons. The number of thiophene rings is 1. The molecule has 0 aliphatic carbocycles. The van der Waals surface area contributed by atoms with Crippen molar-refractivity contribution in [2.75, 3.05) is 6.61 Å². The van der Waals surface area contributed by atoms with Gasteiger partial charge in [0, 0.05) is 12.6 Å². The number of carbonyl (C=O) groups is 1. The highest BCUT2D eigenvalue weighted by Gasteiger charge is 2.12. The minimum atomic E-state index is -0.227. The van der Waals surface area contributed by atoms with Crippen LogP contribution in [0.3, 0.4) is 0 Å². The largest absolute Gasteiger partial charge is 0.384 e. The molecule has 1 amide bonds. The molecule has 2 rings (SSSR count). The second-order valence-corrected chi connectivity index (χ2v) is 4.56. The van der Waals surface area contributed by atoms with Crippen LogP contribution in [-0.4, -0.2) is 32.4 Å². The molecule has 2 aromatic heterocycles. The van der Waals surface area contributed by atoms with Gasteiger partial charge in [0.15, 0.2) is 5.82 Å². The molecular formula is C12H12N4O2S. The Hall–Kier alpha value is -2.17. The molecule has 0 saturated heterocycles. The number of hydrogen-bond acceptors (Lipinski definition) is 5. The zero-order valence-electron chi connectivity index (χ0n) is 10.3. The van der Waals surface area contributed by atoms with E-state index in [0.29, 0.717) is 16.3 Å². The van der Waals surface area contributed by atoms with E-state index in [-0.39, 0.29) is 19.1 Å². The number of nitrogens with zero attached hydrogens (tertiary/aromatic N) is 3. The number of nitrogens with one attached hydrogen (secondary N) is 1. The fraction of sp³-hybridized carbons (Fsp3) is 0.250. The van der Waals surface area contributed by atoms with Gasteiger partial charge in [-0.15, -0.1) is 11.3 Å². The van der Waals surface area contributed by atoms with Crippen molar-refractivity contribution in [1.29, 1.82) is 0 Å². The van der Waals surface area contributed by atoms with Crippen molar-refractivity contribution in [2.24, 2.45) is 7.05 Å². The van der Waals surface area contributed by atoms with Crippen LogP contribution in [0.25, 0.3) is 0 Å². The SMILES string of the molecule is Cn1cnc(CNC(=O)c2sccc2C#CCO)n1. The number of hydrogen-bond donors (Lipinski definition) is 2. The molecule has 98 valence electrons. The number of carbonyl (C=O) groups excluding carboxylic acids is 1. The van der Waals surface area contributed by atoms with Crippen LogP contribution in [-0.2, 0) is 13.6 Å². The third kappa shape index (κ3) is 3.40. The highest BCUT2D eigenvalue weighted by molar-refractivity contribution is 7.12. The lowest BCUT2D eigenvalue weighted by Crippen LogP contribution is -2.23. The highest BCUT2D eigenvalue weighted by Crippen LogP contribution is 2.15. The van der Waals surface area contributed by atoms with Crippen molar-refractivity contribution < 1.29 is 9.90 Å². The molecule has 0 saturated carbocycles. The van der Waals surface area contributed by atoms with Gasteiger partial charge in [0.2, 0.25) is 0 Å². The van der Waals surface area contributed by atoms with Crippen LogP contribution >= 0.6 is 11.3 Å². The maximum Gasteiger partial charge on any atom is 0.263 e. The zero-order chi connectivity index (χ0) is 13.7. The first-order valence-corrected chi connectivity index (χ1v) is 6.38. The quantitative estimate of drug-likeness (QED) is 0.782. The molecule has 7 heteroatoms. The van der Waals surface area contributed by atoms with E-state index in [1.54, 1.807) is 29.5 Å². The highest BCUT2D eigenvalue weighted by atomic mass is 32.1. The number of rotatable bonds is 3. The van der Waals surface area contributed by atoms with Gasteiger partial charge in [-0.3, -0.25) is 9.48 Å². The molecule has 0 unspecified atom stereocenters. The van der Waals surface area contributed by atoms with Gasteiger partial charge in [-0.25, -0.2) is 4.98 Å². The van der Waals surface area contributed by atoms with E-state index in [1.165, 1.54) is 11.3 Å². The summed E-state index contributed by atoms with van der Waals surface area (Å²) in [6.07, 6.45) is 1.57. The Kier molecular flexibility index (Phi) is 4.28. The normalized spacial score (nSPS) is 9.79. The first kappa shape index (κ1) is 13.3. The van der Waals surface area contributed by atoms with Crippen LogP contribution in [0.5, 0.6) is 0 Å². The Morgan fingerprint density at radius 1 is 1.63 bits per heavy atom. The maximum atomic E-state index is 12.0. The van der Waals surface area contributed by atoms with Gasteiger partial charge in [-0.2, -0.15) is 5.10 Å². The Balaban J connectivity index is 2.02. The van der Waals surface area contributed by atoms with Crippen molar-refractivity contribution >= 4 is 17.2 Å². The van der Waals surface area contributed by atoms with Crippen LogP contribution in [0.1, 0.15) is 21.1 Å². The van der Waals surface area contributed by atoms with Gasteiger partial charge in [0.05, 0.1) is 6.54 Å². The summed E-state index contributed by atoms with van der Waals surface area (Å²) >= 11 is 1.31. The van der Waals surface area contributed by atoms with Gasteiger partial charge in [0.1, 0.15) is 17.8 Å². The van der Waals surface area contributed by atoms with Crippen LogP contribution < -0.4 is 5.32 Å². The summed E-state index contributed by atoms with van der Waals surface area (Å²) in [5.74, 6) is 5.60. The van der Waals surface area contributed by atoms with Gasteiger partial charge in [-0.05, 0) is 11.4 Å². The van der Waals surface area contributed by atoms with E-state index in [2.05, 4.69) is 27.2 Å². The molecular weight excluding hydrogens is 264 g/mol. The second-order valence-electron chi connectivity index (χ2n) is 3.64. The Morgan fingerprint density at radius 3 is 3.16 bits per heavy atom. The molecule has 6 nitrogen and oxygen atoms in total. The molecule has 0 atom stereocenters. The minimum Gasteiger partial charge on any atom is -0.384 e. The first-order valence-electron chi connectivity index (χ1n) is 5.50. The van der Waals surface area contributed by atoms with E-state index in [4.69, 9.17) is 5.11 Å². The fourth-order valence-electron chi connectivity index (χ4n) is 1.42. The third-order valence-corrected chi connectivity index (χ3v) is 3.14. The third-order valence-electron chi connectivity index (χ3n) is 2.23. The van der Waals surface area contributed by atoms with E-state index < -0.39 is 0 Å². The number of aryl methyl sites for hydroxylation is 1. The second kappa shape index (κ2) is 6.13. The monoisotopic (exact) mass is 276 g/mol. The summed E-state index contributed by atoms with van der Waals surface area (Å²) in [7, 11) is 1.76. The Morgan fingerprint density at radius 2 is 2.47 bits per heavy atom. The van der Waals surface area contributed by atoms with E-state index >= 15 is 0 Å². The Bertz CT molecular complexity index is 635. The van der Waals surface area contributed by atoms with Gasteiger partial charge < -0.3 is 10.4 Å². The zero-order valence-corrected chi connectivity index (χ0v) is 11.1. The predicted octanol–water partition coefficient (Wildman–Crippen LogP) is 0.150. The van der Waals surface area contributed by atoms with Crippen molar-refractivity contribution in [3.63, 3.8) is 0 Å². The van der Waals surface area contributed by atoms with E-state index in [0.717, 1.165) is 0 Å². The van der Waals surface area contributed by atoms with E-state index in [9.17, 15) is 4.79 Å². The Labute approximate surface area is 114 Å². The van der Waals surface area contributed by atoms with Gasteiger partial charge in [-0.1, -0.05) is 11.8 Å². The topological polar surface area (TPSA) is 80.0 Å². The van der Waals surface area contributed by atoms with Gasteiger partial charge >= 0.3 is 0 Å². The molecule has 0 aromatic carbocycles. The number of amides is 1. The summed E-state index contributed by atoms with van der Waals surface area (Å²) in [5.41, 5.74) is 0.616. The lowest BCUT2D eigenvalue weighted by atomic mass is 10.2. The smallest absolute Gasteiger partial charge is 0.263 e. The summed E-state index contributed by atoms with van der Waals surface area (Å²) in [6.45, 7) is 0.0409.